The third-order valence-electron chi connectivity index (χ3n) is 3.59. The van der Waals surface area contributed by atoms with Gasteiger partial charge in [-0.2, -0.15) is 0 Å². The van der Waals surface area contributed by atoms with Crippen LogP contribution in [0.4, 0.5) is 0 Å². The van der Waals surface area contributed by atoms with E-state index in [9.17, 15) is 4.79 Å². The van der Waals surface area contributed by atoms with Gasteiger partial charge in [-0.25, -0.2) is 0 Å². The normalized spacial score (nSPS) is 29.1. The molecule has 0 aromatic carbocycles. The first kappa shape index (κ1) is 11.8. The Balaban J connectivity index is 1.70. The van der Waals surface area contributed by atoms with Gasteiger partial charge in [0.1, 0.15) is 0 Å². The molecular weight excluding hydrogens is 204 g/mol. The van der Waals surface area contributed by atoms with Crippen molar-refractivity contribution in [2.45, 2.75) is 18.9 Å². The van der Waals surface area contributed by atoms with Gasteiger partial charge < -0.3 is 21.3 Å². The van der Waals surface area contributed by atoms with Crippen LogP contribution in [0.3, 0.4) is 0 Å². The number of nitrogens with one attached hydrogen (secondary N) is 2. The second kappa shape index (κ2) is 5.61. The lowest BCUT2D eigenvalue weighted by molar-refractivity contribution is -0.123. The SMILES string of the molecule is NC(=O)C1CCN(CC2CNCCN2)CC1. The minimum Gasteiger partial charge on any atom is -0.369 e. The van der Waals surface area contributed by atoms with Crippen LogP contribution < -0.4 is 16.4 Å². The van der Waals surface area contributed by atoms with Gasteiger partial charge in [-0.1, -0.05) is 0 Å². The van der Waals surface area contributed by atoms with E-state index in [-0.39, 0.29) is 11.8 Å². The summed E-state index contributed by atoms with van der Waals surface area (Å²) in [6.07, 6.45) is 1.85. The van der Waals surface area contributed by atoms with Gasteiger partial charge in [0.25, 0.3) is 0 Å². The summed E-state index contributed by atoms with van der Waals surface area (Å²) in [6.45, 7) is 6.27. The molecule has 5 heteroatoms. The molecule has 2 aliphatic rings. The first-order valence-electron chi connectivity index (χ1n) is 6.21. The van der Waals surface area contributed by atoms with E-state index < -0.39 is 0 Å². The van der Waals surface area contributed by atoms with Crippen molar-refractivity contribution in [2.24, 2.45) is 11.7 Å². The van der Waals surface area contributed by atoms with E-state index in [0.717, 1.165) is 52.1 Å². The standard InChI is InChI=1S/C11H22N4O/c12-11(16)9-1-5-15(6-2-9)8-10-7-13-3-4-14-10/h9-10,13-14H,1-8H2,(H2,12,16). The van der Waals surface area contributed by atoms with Gasteiger partial charge in [-0.15, -0.1) is 0 Å². The minimum absolute atomic E-state index is 0.105. The Morgan fingerprint density at radius 2 is 2.06 bits per heavy atom. The van der Waals surface area contributed by atoms with Gasteiger partial charge in [-0.3, -0.25) is 4.79 Å². The first-order valence-corrected chi connectivity index (χ1v) is 6.21. The zero-order valence-electron chi connectivity index (χ0n) is 9.74. The largest absolute Gasteiger partial charge is 0.369 e. The molecule has 0 aromatic heterocycles. The molecule has 0 saturated carbocycles. The van der Waals surface area contributed by atoms with Crippen LogP contribution in [0.2, 0.25) is 0 Å². The number of carbonyl (C=O) groups excluding carboxylic acids is 1. The van der Waals surface area contributed by atoms with Crippen LogP contribution in [0.5, 0.6) is 0 Å². The predicted octanol–water partition coefficient (Wildman–Crippen LogP) is -1.25. The summed E-state index contributed by atoms with van der Waals surface area (Å²) in [4.78, 5) is 13.5. The highest BCUT2D eigenvalue weighted by Gasteiger charge is 2.24. The van der Waals surface area contributed by atoms with Crippen molar-refractivity contribution in [3.63, 3.8) is 0 Å². The second-order valence-corrected chi connectivity index (χ2v) is 4.83. The third-order valence-corrected chi connectivity index (χ3v) is 3.59. The molecule has 0 aliphatic carbocycles. The summed E-state index contributed by atoms with van der Waals surface area (Å²) < 4.78 is 0. The average Bonchev–Trinajstić information content (AvgIpc) is 2.31. The molecule has 2 heterocycles. The fraction of sp³-hybridized carbons (Fsp3) is 0.909. The van der Waals surface area contributed by atoms with Crippen LogP contribution in [-0.4, -0.2) is 56.1 Å². The lowest BCUT2D eigenvalue weighted by atomic mass is 9.96. The zero-order valence-corrected chi connectivity index (χ0v) is 9.74. The van der Waals surface area contributed by atoms with E-state index >= 15 is 0 Å². The van der Waals surface area contributed by atoms with Crippen molar-refractivity contribution < 1.29 is 4.79 Å². The quantitative estimate of drug-likeness (QED) is 0.562. The van der Waals surface area contributed by atoms with Gasteiger partial charge in [-0.05, 0) is 25.9 Å². The fourth-order valence-electron chi connectivity index (χ4n) is 2.55. The summed E-state index contributed by atoms with van der Waals surface area (Å²) in [5.41, 5.74) is 5.32. The second-order valence-electron chi connectivity index (χ2n) is 4.83. The van der Waals surface area contributed by atoms with Crippen molar-refractivity contribution in [3.05, 3.63) is 0 Å². The van der Waals surface area contributed by atoms with Crippen molar-refractivity contribution >= 4 is 5.91 Å². The molecule has 2 rings (SSSR count). The molecule has 1 atom stereocenters. The monoisotopic (exact) mass is 226 g/mol. The van der Waals surface area contributed by atoms with E-state index in [4.69, 9.17) is 5.73 Å². The van der Waals surface area contributed by atoms with E-state index in [1.54, 1.807) is 0 Å². The van der Waals surface area contributed by atoms with Crippen LogP contribution in [0.25, 0.3) is 0 Å². The van der Waals surface area contributed by atoms with E-state index in [1.165, 1.54) is 0 Å². The number of rotatable bonds is 3. The number of piperidine rings is 1. The summed E-state index contributed by atoms with van der Waals surface area (Å²) in [6, 6.07) is 0.555. The zero-order chi connectivity index (χ0) is 11.4. The topological polar surface area (TPSA) is 70.4 Å². The Morgan fingerprint density at radius 1 is 1.31 bits per heavy atom. The number of hydrogen-bond donors (Lipinski definition) is 3. The fourth-order valence-corrected chi connectivity index (χ4v) is 2.55. The Labute approximate surface area is 96.7 Å². The lowest BCUT2D eigenvalue weighted by Crippen LogP contribution is -2.54. The van der Waals surface area contributed by atoms with Crippen LogP contribution in [0.15, 0.2) is 0 Å². The highest BCUT2D eigenvalue weighted by Crippen LogP contribution is 2.16. The molecule has 5 nitrogen and oxygen atoms in total. The van der Waals surface area contributed by atoms with Gasteiger partial charge in [0.05, 0.1) is 0 Å². The molecular formula is C11H22N4O. The smallest absolute Gasteiger partial charge is 0.220 e. The molecule has 16 heavy (non-hydrogen) atoms. The highest BCUT2D eigenvalue weighted by atomic mass is 16.1. The van der Waals surface area contributed by atoms with Crippen LogP contribution in [0, 0.1) is 5.92 Å². The molecule has 0 bridgehead atoms. The van der Waals surface area contributed by atoms with Crippen molar-refractivity contribution in [2.75, 3.05) is 39.3 Å². The highest BCUT2D eigenvalue weighted by molar-refractivity contribution is 5.76. The molecule has 4 N–H and O–H groups in total. The Bertz CT molecular complexity index is 232. The molecule has 92 valence electrons. The maximum atomic E-state index is 11.0. The summed E-state index contributed by atoms with van der Waals surface area (Å²) in [5.74, 6) is -0.0224. The minimum atomic E-state index is -0.128. The van der Waals surface area contributed by atoms with Gasteiger partial charge in [0, 0.05) is 38.1 Å². The number of likely N-dealkylation sites (tertiary alicyclic amines) is 1. The Morgan fingerprint density at radius 3 is 2.62 bits per heavy atom. The van der Waals surface area contributed by atoms with E-state index in [0.29, 0.717) is 6.04 Å². The molecule has 0 spiro atoms. The number of nitrogens with zero attached hydrogens (tertiary/aromatic N) is 1. The maximum absolute atomic E-state index is 11.0. The number of nitrogens with two attached hydrogens (primary N) is 1. The van der Waals surface area contributed by atoms with Gasteiger partial charge in [0.2, 0.25) is 5.91 Å². The summed E-state index contributed by atoms with van der Waals surface area (Å²) >= 11 is 0. The predicted molar refractivity (Wildman–Crippen MR) is 63.0 cm³/mol. The van der Waals surface area contributed by atoms with Crippen LogP contribution in [0.1, 0.15) is 12.8 Å². The molecule has 0 aromatic rings. The summed E-state index contributed by atoms with van der Waals surface area (Å²) in [5, 5.41) is 6.89. The molecule has 1 amide bonds. The molecule has 2 fully saturated rings. The molecule has 2 aliphatic heterocycles. The molecule has 1 unspecified atom stereocenters. The first-order chi connectivity index (χ1) is 7.75. The Hall–Kier alpha value is -0.650. The van der Waals surface area contributed by atoms with Crippen molar-refractivity contribution in [1.29, 1.82) is 0 Å². The lowest BCUT2D eigenvalue weighted by Gasteiger charge is -2.35. The number of carbonyl (C=O) groups is 1. The number of primary amides is 1. The van der Waals surface area contributed by atoms with Gasteiger partial charge >= 0.3 is 0 Å². The number of piperazine rings is 1. The Kier molecular flexibility index (Phi) is 4.15. The number of amides is 1. The number of hydrogen-bond acceptors (Lipinski definition) is 4. The average molecular weight is 226 g/mol. The molecule has 0 radical (unpaired) electrons. The van der Waals surface area contributed by atoms with Crippen molar-refractivity contribution in [3.8, 4) is 0 Å². The van der Waals surface area contributed by atoms with Crippen LogP contribution in [-0.2, 0) is 4.79 Å². The third kappa shape index (κ3) is 3.17. The maximum Gasteiger partial charge on any atom is 0.220 e. The molecule has 2 saturated heterocycles. The van der Waals surface area contributed by atoms with E-state index in [2.05, 4.69) is 15.5 Å². The van der Waals surface area contributed by atoms with E-state index in [1.807, 2.05) is 0 Å². The van der Waals surface area contributed by atoms with Crippen LogP contribution >= 0.6 is 0 Å². The summed E-state index contributed by atoms with van der Waals surface area (Å²) in [7, 11) is 0. The van der Waals surface area contributed by atoms with Crippen molar-refractivity contribution in [1.82, 2.24) is 15.5 Å². The van der Waals surface area contributed by atoms with Gasteiger partial charge in [0.15, 0.2) is 0 Å².